The molecule has 0 saturated carbocycles. The molecule has 0 spiro atoms. The van der Waals surface area contributed by atoms with E-state index in [4.69, 9.17) is 9.90 Å². The predicted octanol–water partition coefficient (Wildman–Crippen LogP) is 12.8. The molecule has 0 N–H and O–H groups in total. The Morgan fingerprint density at radius 2 is 0.891 bits per heavy atom. The van der Waals surface area contributed by atoms with Crippen molar-refractivity contribution in [3.05, 3.63) is 242 Å². The standard InChI is InChI=1S/C60H40N2OSi/c1-4-18-41(19-5-1)42-32-36-46(37-33-42)64(44-20-6-2-7-21-44,45-22-8-3-9-23-45)47-38-34-43(35-39-47)61-53-28-14-12-26-50(53)52-40-56(60-58(59(52)61)51-27-13-17-31-57(51)63-60)62-54-29-15-10-24-48(54)49-25-11-16-30-55(49)62/h1-40H/i12D,13D,14D,17D,26D,27D,28D,31D,40D. The molecule has 10 aromatic carbocycles. The number of aromatic nitrogens is 2. The number of rotatable bonds is 7. The Morgan fingerprint density at radius 3 is 1.53 bits per heavy atom. The van der Waals surface area contributed by atoms with E-state index in [1.807, 2.05) is 95.6 Å². The SMILES string of the molecule is [2H]c1c([2H])c([2H])c2c(oc3c(-n4c5ccccc5c5ccccc54)c([2H])c4c5c([2H])c([2H])c([2H])c([2H])c5n(-c5ccc([Si](c6ccccc6)(c6ccccc6)c6ccc(-c7ccccc7)cc6)cc5)c4c32)c1[2H]. The average molecular weight is 842 g/mol. The van der Waals surface area contributed by atoms with Gasteiger partial charge in [-0.05, 0) is 74.3 Å². The van der Waals surface area contributed by atoms with Crippen LogP contribution in [0.25, 0.3) is 88.1 Å². The summed E-state index contributed by atoms with van der Waals surface area (Å²) in [5, 5.41) is 6.91. The summed E-state index contributed by atoms with van der Waals surface area (Å²) in [6.45, 7) is 0. The molecule has 0 unspecified atom stereocenters. The molecule has 3 aromatic heterocycles. The smallest absolute Gasteiger partial charge is 0.179 e. The molecule has 0 aliphatic heterocycles. The van der Waals surface area contributed by atoms with E-state index in [2.05, 4.69) is 97.1 Å². The van der Waals surface area contributed by atoms with Crippen LogP contribution in [0, 0.1) is 0 Å². The Morgan fingerprint density at radius 1 is 0.391 bits per heavy atom. The molecule has 0 radical (unpaired) electrons. The van der Waals surface area contributed by atoms with Gasteiger partial charge in [-0.15, -0.1) is 0 Å². The summed E-state index contributed by atoms with van der Waals surface area (Å²) < 4.78 is 94.5. The van der Waals surface area contributed by atoms with Crippen LogP contribution in [0.2, 0.25) is 0 Å². The average Bonchev–Trinajstić information content (AvgIpc) is 4.13. The number of para-hydroxylation sites is 4. The first-order valence-corrected chi connectivity index (χ1v) is 23.3. The van der Waals surface area contributed by atoms with E-state index in [9.17, 15) is 6.85 Å². The van der Waals surface area contributed by atoms with Crippen molar-refractivity contribution in [2.75, 3.05) is 0 Å². The third-order valence-electron chi connectivity index (χ3n) is 12.8. The molecule has 13 aromatic rings. The largest absolute Gasteiger partial charge is 0.454 e. The van der Waals surface area contributed by atoms with Crippen molar-refractivity contribution in [3.8, 4) is 22.5 Å². The van der Waals surface area contributed by atoms with Gasteiger partial charge in [-0.3, -0.25) is 0 Å². The molecule has 13 rings (SSSR count). The van der Waals surface area contributed by atoms with Gasteiger partial charge in [0.15, 0.2) is 13.7 Å². The molecule has 0 atom stereocenters. The van der Waals surface area contributed by atoms with E-state index >= 15 is 0 Å². The van der Waals surface area contributed by atoms with Crippen LogP contribution in [0.3, 0.4) is 0 Å². The van der Waals surface area contributed by atoms with Gasteiger partial charge in [0.05, 0.1) is 45.5 Å². The fourth-order valence-electron chi connectivity index (χ4n) is 10.1. The van der Waals surface area contributed by atoms with Crippen LogP contribution < -0.4 is 20.7 Å². The molecule has 4 heteroatoms. The van der Waals surface area contributed by atoms with E-state index in [-0.39, 0.29) is 73.6 Å². The van der Waals surface area contributed by atoms with Gasteiger partial charge in [-0.2, -0.15) is 0 Å². The van der Waals surface area contributed by atoms with Gasteiger partial charge in [0, 0.05) is 32.6 Å². The number of nitrogens with zero attached hydrogens (tertiary/aromatic N) is 2. The van der Waals surface area contributed by atoms with Gasteiger partial charge >= 0.3 is 0 Å². The number of fused-ring (bicyclic) bond motifs is 10. The van der Waals surface area contributed by atoms with Crippen LogP contribution in [-0.2, 0) is 0 Å². The first kappa shape index (κ1) is 28.4. The second kappa shape index (κ2) is 14.5. The van der Waals surface area contributed by atoms with Crippen LogP contribution in [0.1, 0.15) is 12.3 Å². The minimum absolute atomic E-state index is 0.0717. The Kier molecular flexibility index (Phi) is 6.42. The lowest BCUT2D eigenvalue weighted by Crippen LogP contribution is -2.74. The molecule has 0 saturated heterocycles. The minimum atomic E-state index is -3.13. The van der Waals surface area contributed by atoms with Gasteiger partial charge in [0.1, 0.15) is 5.58 Å². The van der Waals surface area contributed by atoms with Crippen molar-refractivity contribution < 1.29 is 16.8 Å². The van der Waals surface area contributed by atoms with E-state index in [1.165, 1.54) is 0 Å². The summed E-state index contributed by atoms with van der Waals surface area (Å²) in [4.78, 5) is 0. The first-order chi connectivity index (χ1) is 35.5. The number of furan rings is 1. The summed E-state index contributed by atoms with van der Waals surface area (Å²) >= 11 is 0. The highest BCUT2D eigenvalue weighted by atomic mass is 28.3. The Balaban J connectivity index is 1.17. The van der Waals surface area contributed by atoms with Crippen molar-refractivity contribution >= 4 is 94.4 Å². The Bertz CT molecular complexity index is 4310. The molecule has 3 nitrogen and oxygen atoms in total. The van der Waals surface area contributed by atoms with Crippen molar-refractivity contribution in [3.63, 3.8) is 0 Å². The topological polar surface area (TPSA) is 23.0 Å². The quantitative estimate of drug-likeness (QED) is 0.116. The van der Waals surface area contributed by atoms with Gasteiger partial charge in [0.25, 0.3) is 0 Å². The van der Waals surface area contributed by atoms with Crippen LogP contribution in [0.15, 0.2) is 247 Å². The van der Waals surface area contributed by atoms with Crippen molar-refractivity contribution in [1.82, 2.24) is 9.13 Å². The molecule has 0 fully saturated rings. The molecule has 0 aliphatic carbocycles. The zero-order valence-corrected chi connectivity index (χ0v) is 35.2. The molecule has 300 valence electrons. The maximum atomic E-state index is 10.4. The molecular formula is C60H40N2OSi. The van der Waals surface area contributed by atoms with Crippen LogP contribution in [0.5, 0.6) is 0 Å². The Hall–Kier alpha value is -8.18. The van der Waals surface area contributed by atoms with Crippen LogP contribution >= 0.6 is 0 Å². The fourth-order valence-corrected chi connectivity index (χ4v) is 14.8. The van der Waals surface area contributed by atoms with Gasteiger partial charge in [-0.1, -0.05) is 200 Å². The van der Waals surface area contributed by atoms with Gasteiger partial charge in [0.2, 0.25) is 0 Å². The highest BCUT2D eigenvalue weighted by Crippen LogP contribution is 2.45. The maximum absolute atomic E-state index is 10.4. The molecule has 64 heavy (non-hydrogen) atoms. The lowest BCUT2D eigenvalue weighted by Gasteiger charge is -2.34. The highest BCUT2D eigenvalue weighted by molar-refractivity contribution is 7.19. The lowest BCUT2D eigenvalue weighted by molar-refractivity contribution is 0.666. The van der Waals surface area contributed by atoms with Gasteiger partial charge < -0.3 is 13.6 Å². The number of benzene rings is 10. The summed E-state index contributed by atoms with van der Waals surface area (Å²) in [7, 11) is -3.13. The molecule has 0 bridgehead atoms. The first-order valence-electron chi connectivity index (χ1n) is 25.8. The molecular weight excluding hydrogens is 793 g/mol. The zero-order chi connectivity index (χ0) is 50.0. The minimum Gasteiger partial charge on any atom is -0.454 e. The van der Waals surface area contributed by atoms with E-state index < -0.39 is 38.3 Å². The van der Waals surface area contributed by atoms with E-state index in [1.54, 1.807) is 4.57 Å². The normalized spacial score (nSPS) is 14.0. The van der Waals surface area contributed by atoms with Gasteiger partial charge in [-0.25, -0.2) is 0 Å². The second-order valence-electron chi connectivity index (χ2n) is 16.1. The summed E-state index contributed by atoms with van der Waals surface area (Å²) in [6.07, 6.45) is 0. The van der Waals surface area contributed by atoms with Crippen molar-refractivity contribution in [1.29, 1.82) is 0 Å². The maximum Gasteiger partial charge on any atom is 0.179 e. The zero-order valence-electron chi connectivity index (χ0n) is 43.2. The molecule has 0 aliphatic rings. The molecule has 0 amide bonds. The van der Waals surface area contributed by atoms with E-state index in [0.717, 1.165) is 53.7 Å². The predicted molar refractivity (Wildman–Crippen MR) is 271 cm³/mol. The lowest BCUT2D eigenvalue weighted by atomic mass is 10.1. The van der Waals surface area contributed by atoms with Crippen LogP contribution in [-0.4, -0.2) is 17.2 Å². The van der Waals surface area contributed by atoms with Crippen molar-refractivity contribution in [2.24, 2.45) is 0 Å². The number of hydrogen-bond donors (Lipinski definition) is 0. The fraction of sp³-hybridized carbons (Fsp3) is 0. The van der Waals surface area contributed by atoms with Crippen molar-refractivity contribution in [2.45, 2.75) is 0 Å². The summed E-state index contributed by atoms with van der Waals surface area (Å²) in [5.74, 6) is 0. The third kappa shape index (κ3) is 5.33. The number of hydrogen-bond acceptors (Lipinski definition) is 1. The Labute approximate surface area is 384 Å². The molecule has 3 heterocycles. The second-order valence-corrected chi connectivity index (χ2v) is 19.9. The van der Waals surface area contributed by atoms with Crippen LogP contribution in [0.4, 0.5) is 0 Å². The summed E-state index contributed by atoms with van der Waals surface area (Å²) in [5.41, 5.74) is 4.80. The monoisotopic (exact) mass is 841 g/mol. The summed E-state index contributed by atoms with van der Waals surface area (Å²) in [6, 6.07) is 60.4. The third-order valence-corrected chi connectivity index (χ3v) is 17.6. The highest BCUT2D eigenvalue weighted by Gasteiger charge is 2.41. The van der Waals surface area contributed by atoms with E-state index in [0.29, 0.717) is 5.69 Å².